The first kappa shape index (κ1) is 12.6. The van der Waals surface area contributed by atoms with Crippen LogP contribution in [0.1, 0.15) is 43.0 Å². The maximum atomic E-state index is 11.7. The Morgan fingerprint density at radius 3 is 2.41 bits per heavy atom. The smallest absolute Gasteiger partial charge is 0.161 e. The second kappa shape index (κ2) is 5.67. The molecule has 1 aromatic carbocycles. The van der Waals surface area contributed by atoms with Crippen LogP contribution in [0.25, 0.3) is 0 Å². The van der Waals surface area contributed by atoms with Crippen molar-refractivity contribution in [2.75, 3.05) is 18.0 Å². The van der Waals surface area contributed by atoms with E-state index >= 15 is 0 Å². The van der Waals surface area contributed by atoms with Gasteiger partial charge in [-0.25, -0.2) is 0 Å². The molecule has 17 heavy (non-hydrogen) atoms. The second-order valence-corrected chi connectivity index (χ2v) is 5.53. The van der Waals surface area contributed by atoms with Crippen molar-refractivity contribution in [2.45, 2.75) is 32.6 Å². The first-order chi connectivity index (χ1) is 8.18. The van der Waals surface area contributed by atoms with Crippen molar-refractivity contribution in [2.24, 2.45) is 0 Å². The van der Waals surface area contributed by atoms with Gasteiger partial charge >= 0.3 is 0 Å². The van der Waals surface area contributed by atoms with Crippen molar-refractivity contribution in [1.29, 1.82) is 0 Å². The number of ketones is 1. The van der Waals surface area contributed by atoms with E-state index in [0.717, 1.165) is 28.8 Å². The van der Waals surface area contributed by atoms with Gasteiger partial charge in [0.05, 0.1) is 0 Å². The molecular weight excluding hydrogens is 278 g/mol. The van der Waals surface area contributed by atoms with Crippen molar-refractivity contribution >= 4 is 27.4 Å². The fourth-order valence-corrected chi connectivity index (χ4v) is 2.72. The maximum Gasteiger partial charge on any atom is 0.161 e. The molecule has 2 nitrogen and oxygen atoms in total. The summed E-state index contributed by atoms with van der Waals surface area (Å²) in [7, 11) is 0. The van der Waals surface area contributed by atoms with E-state index in [9.17, 15) is 4.79 Å². The number of nitrogens with zero attached hydrogens (tertiary/aromatic N) is 1. The molecule has 0 aromatic heterocycles. The molecule has 0 radical (unpaired) electrons. The van der Waals surface area contributed by atoms with E-state index < -0.39 is 0 Å². The van der Waals surface area contributed by atoms with Crippen molar-refractivity contribution in [3.8, 4) is 0 Å². The molecule has 1 aromatic rings. The van der Waals surface area contributed by atoms with Crippen LogP contribution in [0.2, 0.25) is 0 Å². The monoisotopic (exact) mass is 295 g/mol. The zero-order chi connectivity index (χ0) is 12.3. The van der Waals surface area contributed by atoms with Crippen LogP contribution in [-0.4, -0.2) is 18.9 Å². The summed E-state index contributed by atoms with van der Waals surface area (Å²) in [6.45, 7) is 3.78. The zero-order valence-electron chi connectivity index (χ0n) is 10.2. The zero-order valence-corrected chi connectivity index (χ0v) is 11.8. The van der Waals surface area contributed by atoms with Gasteiger partial charge in [-0.15, -0.1) is 0 Å². The van der Waals surface area contributed by atoms with Crippen LogP contribution in [0.4, 0.5) is 5.69 Å². The molecule has 0 amide bonds. The molecule has 0 saturated carbocycles. The summed E-state index contributed by atoms with van der Waals surface area (Å²) in [6.07, 6.45) is 5.06. The topological polar surface area (TPSA) is 20.3 Å². The first-order valence-corrected chi connectivity index (χ1v) is 7.03. The van der Waals surface area contributed by atoms with Crippen LogP contribution in [0.5, 0.6) is 0 Å². The summed E-state index contributed by atoms with van der Waals surface area (Å²) in [5, 5.41) is 0. The Morgan fingerprint density at radius 2 is 1.82 bits per heavy atom. The number of carbonyl (C=O) groups excluding carboxylic acids is 1. The van der Waals surface area contributed by atoms with Gasteiger partial charge in [0.15, 0.2) is 5.78 Å². The molecule has 0 unspecified atom stereocenters. The second-order valence-electron chi connectivity index (χ2n) is 4.62. The number of Topliss-reactive ketones (excluding diaryl/α,β-unsaturated/α-hetero) is 1. The molecule has 3 heteroatoms. The van der Waals surface area contributed by atoms with Gasteiger partial charge in [-0.1, -0.05) is 28.8 Å². The molecule has 0 atom stereocenters. The summed E-state index contributed by atoms with van der Waals surface area (Å²) in [6, 6.07) is 5.94. The Bertz CT molecular complexity index is 409. The number of hydrogen-bond donors (Lipinski definition) is 0. The van der Waals surface area contributed by atoms with Crippen LogP contribution < -0.4 is 4.90 Å². The van der Waals surface area contributed by atoms with E-state index in [1.165, 1.54) is 25.7 Å². The maximum absolute atomic E-state index is 11.7. The number of anilines is 1. The van der Waals surface area contributed by atoms with Crippen molar-refractivity contribution in [3.63, 3.8) is 0 Å². The molecule has 1 saturated heterocycles. The summed E-state index contributed by atoms with van der Waals surface area (Å²) in [4.78, 5) is 14.0. The minimum atomic E-state index is 0.150. The van der Waals surface area contributed by atoms with Crippen LogP contribution in [0.15, 0.2) is 22.7 Å². The first-order valence-electron chi connectivity index (χ1n) is 6.24. The van der Waals surface area contributed by atoms with Gasteiger partial charge in [0, 0.05) is 28.8 Å². The molecule has 0 N–H and O–H groups in total. The summed E-state index contributed by atoms with van der Waals surface area (Å²) >= 11 is 3.49. The Labute approximate surface area is 111 Å². The third kappa shape index (κ3) is 3.09. The van der Waals surface area contributed by atoms with E-state index in [2.05, 4.69) is 26.9 Å². The van der Waals surface area contributed by atoms with Crippen LogP contribution >= 0.6 is 15.9 Å². The lowest BCUT2D eigenvalue weighted by Gasteiger charge is -2.25. The van der Waals surface area contributed by atoms with E-state index in [1.807, 2.05) is 12.1 Å². The largest absolute Gasteiger partial charge is 0.371 e. The van der Waals surface area contributed by atoms with Gasteiger partial charge in [-0.2, -0.15) is 0 Å². The molecule has 0 aliphatic carbocycles. The third-order valence-electron chi connectivity index (χ3n) is 3.29. The van der Waals surface area contributed by atoms with Crippen molar-refractivity contribution in [3.05, 3.63) is 28.2 Å². The lowest BCUT2D eigenvalue weighted by Crippen LogP contribution is -2.25. The van der Waals surface area contributed by atoms with Gasteiger partial charge in [0.2, 0.25) is 0 Å². The Kier molecular flexibility index (Phi) is 4.21. The number of benzene rings is 1. The quantitative estimate of drug-likeness (QED) is 0.768. The molecule has 0 spiro atoms. The Hall–Kier alpha value is -0.830. The van der Waals surface area contributed by atoms with Crippen molar-refractivity contribution in [1.82, 2.24) is 0 Å². The fourth-order valence-electron chi connectivity index (χ4n) is 2.38. The predicted octanol–water partition coefficient (Wildman–Crippen LogP) is 4.03. The van der Waals surface area contributed by atoms with Gasteiger partial charge in [-0.3, -0.25) is 4.79 Å². The molecule has 1 heterocycles. The van der Waals surface area contributed by atoms with E-state index in [1.54, 1.807) is 6.92 Å². The van der Waals surface area contributed by atoms with Gasteiger partial charge in [0.1, 0.15) is 0 Å². The molecule has 92 valence electrons. The average Bonchev–Trinajstić information content (AvgIpc) is 2.56. The highest BCUT2D eigenvalue weighted by Gasteiger charge is 2.15. The fraction of sp³-hybridized carbons (Fsp3) is 0.500. The van der Waals surface area contributed by atoms with Gasteiger partial charge in [0.25, 0.3) is 0 Å². The highest BCUT2D eigenvalue weighted by atomic mass is 79.9. The summed E-state index contributed by atoms with van der Waals surface area (Å²) < 4.78 is 1.04. The molecule has 1 aliphatic heterocycles. The molecule has 0 bridgehead atoms. The lowest BCUT2D eigenvalue weighted by atomic mass is 10.1. The number of hydrogen-bond acceptors (Lipinski definition) is 2. The Morgan fingerprint density at radius 1 is 1.18 bits per heavy atom. The molecule has 2 rings (SSSR count). The number of halogens is 1. The minimum Gasteiger partial charge on any atom is -0.371 e. The standard InChI is InChI=1S/C14H18BrNO/c1-11(17)13-7-6-12(15)10-14(13)16-8-4-2-3-5-9-16/h6-7,10H,2-5,8-9H2,1H3. The summed E-state index contributed by atoms with van der Waals surface area (Å²) in [5.74, 6) is 0.150. The SMILES string of the molecule is CC(=O)c1ccc(Br)cc1N1CCCCCC1. The lowest BCUT2D eigenvalue weighted by molar-refractivity contribution is 0.101. The van der Waals surface area contributed by atoms with Gasteiger partial charge < -0.3 is 4.90 Å². The molecule has 1 aliphatic rings. The van der Waals surface area contributed by atoms with Gasteiger partial charge in [-0.05, 0) is 38.0 Å². The highest BCUT2D eigenvalue weighted by Crippen LogP contribution is 2.27. The van der Waals surface area contributed by atoms with Crippen LogP contribution in [0.3, 0.4) is 0 Å². The predicted molar refractivity (Wildman–Crippen MR) is 74.8 cm³/mol. The summed E-state index contributed by atoms with van der Waals surface area (Å²) in [5.41, 5.74) is 1.93. The molecular formula is C14H18BrNO. The average molecular weight is 296 g/mol. The van der Waals surface area contributed by atoms with E-state index in [-0.39, 0.29) is 5.78 Å². The number of carbonyl (C=O) groups is 1. The van der Waals surface area contributed by atoms with Crippen LogP contribution in [-0.2, 0) is 0 Å². The normalized spacial score (nSPS) is 16.7. The van der Waals surface area contributed by atoms with E-state index in [4.69, 9.17) is 0 Å². The van der Waals surface area contributed by atoms with Crippen molar-refractivity contribution < 1.29 is 4.79 Å². The molecule has 1 fully saturated rings. The number of rotatable bonds is 2. The third-order valence-corrected chi connectivity index (χ3v) is 3.78. The Balaban J connectivity index is 2.34. The minimum absolute atomic E-state index is 0.150. The van der Waals surface area contributed by atoms with E-state index in [0.29, 0.717) is 0 Å². The highest BCUT2D eigenvalue weighted by molar-refractivity contribution is 9.10. The van der Waals surface area contributed by atoms with Crippen LogP contribution in [0, 0.1) is 0 Å².